The minimum atomic E-state index is -1.000. The van der Waals surface area contributed by atoms with Gasteiger partial charge in [-0.3, -0.25) is 9.20 Å². The van der Waals surface area contributed by atoms with Crippen LogP contribution in [0.5, 0.6) is 17.2 Å². The van der Waals surface area contributed by atoms with Crippen LogP contribution in [0.3, 0.4) is 0 Å². The molecule has 164 valence electrons. The number of fused-ring (bicyclic) bond motifs is 1. The number of rotatable bonds is 7. The Kier molecular flexibility index (Phi) is 5.69. The average Bonchev–Trinajstić information content (AvgIpc) is 3.38. The Balaban J connectivity index is 1.67. The maximum Gasteiger partial charge on any atom is 0.347 e. The topological polar surface area (TPSA) is 111 Å². The number of amides is 1. The van der Waals surface area contributed by atoms with Gasteiger partial charge in [0, 0.05) is 23.5 Å². The lowest BCUT2D eigenvalue weighted by molar-refractivity contribution is 0.0701. The molecular formula is C22H19N3O6S. The molecule has 0 saturated carbocycles. The van der Waals surface area contributed by atoms with Gasteiger partial charge in [-0.15, -0.1) is 0 Å². The van der Waals surface area contributed by atoms with Gasteiger partial charge < -0.3 is 24.6 Å². The van der Waals surface area contributed by atoms with E-state index in [4.69, 9.17) is 19.3 Å². The summed E-state index contributed by atoms with van der Waals surface area (Å²) in [6.45, 7) is 0. The van der Waals surface area contributed by atoms with E-state index in [1.54, 1.807) is 34.9 Å². The normalized spacial score (nSPS) is 10.7. The number of carboxylic acids is 1. The summed E-state index contributed by atoms with van der Waals surface area (Å²) in [6, 6.07) is 10.4. The number of carboxylic acid groups (broad SMARTS) is 1. The predicted molar refractivity (Wildman–Crippen MR) is 120 cm³/mol. The number of ether oxygens (including phenoxy) is 3. The van der Waals surface area contributed by atoms with Crippen LogP contribution in [0.15, 0.2) is 48.8 Å². The number of hydrogen-bond donors (Lipinski definition) is 2. The molecule has 0 fully saturated rings. The number of thiazole rings is 1. The maximum atomic E-state index is 13.0. The molecule has 10 heteroatoms. The van der Waals surface area contributed by atoms with Crippen molar-refractivity contribution in [1.82, 2.24) is 9.38 Å². The number of hydrogen-bond acceptors (Lipinski definition) is 7. The highest BCUT2D eigenvalue weighted by molar-refractivity contribution is 7.18. The van der Waals surface area contributed by atoms with Crippen LogP contribution in [0, 0.1) is 0 Å². The summed E-state index contributed by atoms with van der Waals surface area (Å²) in [6.07, 6.45) is 3.23. The molecule has 0 aliphatic carbocycles. The van der Waals surface area contributed by atoms with E-state index in [0.29, 0.717) is 44.7 Å². The second-order valence-electron chi connectivity index (χ2n) is 6.63. The number of benzene rings is 2. The second-order valence-corrected chi connectivity index (χ2v) is 7.64. The third-order valence-electron chi connectivity index (χ3n) is 4.74. The Labute approximate surface area is 186 Å². The molecule has 32 heavy (non-hydrogen) atoms. The molecule has 2 aromatic carbocycles. The van der Waals surface area contributed by atoms with Crippen molar-refractivity contribution in [3.8, 4) is 28.5 Å². The Morgan fingerprint density at radius 1 is 1.03 bits per heavy atom. The van der Waals surface area contributed by atoms with Crippen molar-refractivity contribution in [3.63, 3.8) is 0 Å². The number of nitrogens with one attached hydrogen (secondary N) is 1. The zero-order valence-corrected chi connectivity index (χ0v) is 18.2. The number of carbonyl (C=O) groups excluding carboxylic acids is 1. The predicted octanol–water partition coefficient (Wildman–Crippen LogP) is 4.04. The zero-order chi connectivity index (χ0) is 22.8. The summed E-state index contributed by atoms with van der Waals surface area (Å²) in [5.74, 6) is -0.237. The molecule has 2 N–H and O–H groups in total. The molecule has 0 aliphatic heterocycles. The molecule has 4 rings (SSSR count). The van der Waals surface area contributed by atoms with Crippen molar-refractivity contribution >= 4 is 33.9 Å². The highest BCUT2D eigenvalue weighted by Gasteiger charge is 2.19. The molecule has 0 atom stereocenters. The number of para-hydroxylation sites is 1. The lowest BCUT2D eigenvalue weighted by atomic mass is 10.1. The first-order chi connectivity index (χ1) is 15.4. The maximum absolute atomic E-state index is 13.0. The van der Waals surface area contributed by atoms with Gasteiger partial charge in [0.05, 0.1) is 32.7 Å². The van der Waals surface area contributed by atoms with Gasteiger partial charge in [-0.25, -0.2) is 9.78 Å². The average molecular weight is 453 g/mol. The van der Waals surface area contributed by atoms with Crippen molar-refractivity contribution in [3.05, 3.63) is 59.2 Å². The number of aromatic nitrogens is 2. The smallest absolute Gasteiger partial charge is 0.347 e. The fraction of sp³-hybridized carbons (Fsp3) is 0.136. The van der Waals surface area contributed by atoms with Crippen molar-refractivity contribution in [2.75, 3.05) is 26.6 Å². The molecule has 9 nitrogen and oxygen atoms in total. The lowest BCUT2D eigenvalue weighted by Gasteiger charge is -2.15. The van der Waals surface area contributed by atoms with Crippen LogP contribution in [0.2, 0.25) is 0 Å². The highest BCUT2D eigenvalue weighted by atomic mass is 32.1. The second kappa shape index (κ2) is 8.60. The number of carbonyl (C=O) groups is 2. The van der Waals surface area contributed by atoms with Gasteiger partial charge in [0.25, 0.3) is 5.91 Å². The Morgan fingerprint density at radius 3 is 2.31 bits per heavy atom. The third kappa shape index (κ3) is 3.83. The summed E-state index contributed by atoms with van der Waals surface area (Å²) >= 11 is 1.07. The largest absolute Gasteiger partial charge is 0.493 e. The van der Waals surface area contributed by atoms with Gasteiger partial charge in [0.2, 0.25) is 5.75 Å². The molecule has 0 bridgehead atoms. The van der Waals surface area contributed by atoms with Crippen LogP contribution in [-0.4, -0.2) is 47.7 Å². The van der Waals surface area contributed by atoms with Crippen LogP contribution in [0.25, 0.3) is 16.2 Å². The number of aromatic carboxylic acids is 1. The summed E-state index contributed by atoms with van der Waals surface area (Å²) < 4.78 is 17.6. The van der Waals surface area contributed by atoms with E-state index in [1.165, 1.54) is 27.5 Å². The summed E-state index contributed by atoms with van der Waals surface area (Å²) in [5, 5.41) is 12.0. The van der Waals surface area contributed by atoms with Crippen LogP contribution >= 0.6 is 11.3 Å². The van der Waals surface area contributed by atoms with Crippen LogP contribution in [0.4, 0.5) is 5.69 Å². The van der Waals surface area contributed by atoms with E-state index in [2.05, 4.69) is 10.3 Å². The first-order valence-electron chi connectivity index (χ1n) is 9.37. The molecule has 0 unspecified atom stereocenters. The van der Waals surface area contributed by atoms with Crippen molar-refractivity contribution in [2.24, 2.45) is 0 Å². The SMILES string of the molecule is COc1cc(C(=O)Nc2ccccc2-c2cn3cc(C(=O)O)sc3n2)cc(OC)c1OC. The third-order valence-corrected chi connectivity index (χ3v) is 5.73. The first-order valence-corrected chi connectivity index (χ1v) is 10.2. The lowest BCUT2D eigenvalue weighted by Crippen LogP contribution is -2.13. The Morgan fingerprint density at radius 2 is 1.72 bits per heavy atom. The molecule has 0 aliphatic rings. The van der Waals surface area contributed by atoms with Gasteiger partial charge >= 0.3 is 5.97 Å². The molecule has 1 amide bonds. The van der Waals surface area contributed by atoms with Crippen molar-refractivity contribution in [1.29, 1.82) is 0 Å². The molecule has 0 spiro atoms. The van der Waals surface area contributed by atoms with E-state index in [-0.39, 0.29) is 10.8 Å². The van der Waals surface area contributed by atoms with Crippen molar-refractivity contribution in [2.45, 2.75) is 0 Å². The molecule has 4 aromatic rings. The zero-order valence-electron chi connectivity index (χ0n) is 17.4. The fourth-order valence-corrected chi connectivity index (χ4v) is 4.05. The van der Waals surface area contributed by atoms with Crippen LogP contribution in [-0.2, 0) is 0 Å². The molecule has 2 heterocycles. The standard InChI is InChI=1S/C22H19N3O6S/c1-29-16-8-12(9-17(30-2)19(16)31-3)20(26)23-14-7-5-4-6-13(14)15-10-25-11-18(21(27)28)32-22(25)24-15/h4-11H,1-3H3,(H,23,26)(H,27,28). The Hall–Kier alpha value is -4.05. The summed E-state index contributed by atoms with van der Waals surface area (Å²) in [7, 11) is 4.45. The summed E-state index contributed by atoms with van der Waals surface area (Å²) in [5.41, 5.74) is 2.18. The number of nitrogens with zero attached hydrogens (tertiary/aromatic N) is 2. The quantitative estimate of drug-likeness (QED) is 0.434. The van der Waals surface area contributed by atoms with Gasteiger partial charge in [0.1, 0.15) is 4.88 Å². The van der Waals surface area contributed by atoms with Gasteiger partial charge in [-0.2, -0.15) is 0 Å². The highest BCUT2D eigenvalue weighted by Crippen LogP contribution is 2.38. The van der Waals surface area contributed by atoms with Crippen LogP contribution in [0.1, 0.15) is 20.0 Å². The van der Waals surface area contributed by atoms with E-state index >= 15 is 0 Å². The van der Waals surface area contributed by atoms with Gasteiger partial charge in [0.15, 0.2) is 16.5 Å². The number of methoxy groups -OCH3 is 3. The molecule has 0 saturated heterocycles. The first kappa shape index (κ1) is 21.2. The minimum absolute atomic E-state index is 0.197. The van der Waals surface area contributed by atoms with Crippen LogP contribution < -0.4 is 19.5 Å². The van der Waals surface area contributed by atoms with Crippen molar-refractivity contribution < 1.29 is 28.9 Å². The minimum Gasteiger partial charge on any atom is -0.493 e. The molecule has 2 aromatic heterocycles. The number of anilines is 1. The molecular weight excluding hydrogens is 434 g/mol. The monoisotopic (exact) mass is 453 g/mol. The Bertz CT molecular complexity index is 1270. The summed E-state index contributed by atoms with van der Waals surface area (Å²) in [4.78, 5) is 29.4. The van der Waals surface area contributed by atoms with E-state index < -0.39 is 5.97 Å². The van der Waals surface area contributed by atoms with E-state index in [0.717, 1.165) is 11.3 Å². The molecule has 0 radical (unpaired) electrons. The van der Waals surface area contributed by atoms with E-state index in [9.17, 15) is 9.59 Å². The van der Waals surface area contributed by atoms with Gasteiger partial charge in [-0.05, 0) is 18.2 Å². The fourth-order valence-electron chi connectivity index (χ4n) is 3.25. The van der Waals surface area contributed by atoms with E-state index in [1.807, 2.05) is 12.1 Å². The number of imidazole rings is 1. The van der Waals surface area contributed by atoms with Gasteiger partial charge in [-0.1, -0.05) is 29.5 Å².